The Labute approximate surface area is 118 Å². The number of nitrogens with zero attached hydrogens (tertiary/aromatic N) is 1. The van der Waals surface area contributed by atoms with Gasteiger partial charge in [-0.1, -0.05) is 17.7 Å². The van der Waals surface area contributed by atoms with Crippen LogP contribution in [0.4, 0.5) is 5.69 Å². The van der Waals surface area contributed by atoms with Crippen molar-refractivity contribution in [1.29, 1.82) is 0 Å². The van der Waals surface area contributed by atoms with Crippen LogP contribution < -0.4 is 5.73 Å². The van der Waals surface area contributed by atoms with Crippen molar-refractivity contribution in [1.82, 2.24) is 4.31 Å². The lowest BCUT2D eigenvalue weighted by molar-refractivity contribution is 0.0126. The Morgan fingerprint density at radius 1 is 1.37 bits per heavy atom. The van der Waals surface area contributed by atoms with Gasteiger partial charge >= 0.3 is 0 Å². The molecule has 1 fully saturated rings. The van der Waals surface area contributed by atoms with Crippen molar-refractivity contribution in [3.8, 4) is 0 Å². The number of benzene rings is 1. The van der Waals surface area contributed by atoms with E-state index in [4.69, 9.17) is 17.3 Å². The molecular weight excluding hydrogens is 288 g/mol. The summed E-state index contributed by atoms with van der Waals surface area (Å²) in [6.45, 7) is 2.24. The summed E-state index contributed by atoms with van der Waals surface area (Å²) in [5, 5.41) is 9.99. The van der Waals surface area contributed by atoms with Crippen LogP contribution >= 0.6 is 11.6 Å². The molecule has 19 heavy (non-hydrogen) atoms. The van der Waals surface area contributed by atoms with Crippen LogP contribution in [0.1, 0.15) is 19.8 Å². The third-order valence-electron chi connectivity index (χ3n) is 3.39. The molecule has 3 N–H and O–H groups in total. The van der Waals surface area contributed by atoms with Crippen LogP contribution in [0.25, 0.3) is 0 Å². The minimum atomic E-state index is -3.71. The molecule has 0 radical (unpaired) electrons. The first-order valence-electron chi connectivity index (χ1n) is 6.00. The van der Waals surface area contributed by atoms with E-state index >= 15 is 0 Å². The number of hydrogen-bond donors (Lipinski definition) is 2. The molecule has 2 rings (SSSR count). The summed E-state index contributed by atoms with van der Waals surface area (Å²) in [7, 11) is -3.71. The standard InChI is InChI=1S/C12H17ClN2O3S/c1-12(16)5-7-15(8-6-12)19(17,18)11-9(13)3-2-4-10(11)14/h2-4,16H,5-8,14H2,1H3. The molecule has 1 aromatic carbocycles. The molecular formula is C12H17ClN2O3S. The largest absolute Gasteiger partial charge is 0.398 e. The van der Waals surface area contributed by atoms with Crippen molar-refractivity contribution < 1.29 is 13.5 Å². The molecule has 1 saturated heterocycles. The first kappa shape index (κ1) is 14.6. The highest BCUT2D eigenvalue weighted by Gasteiger charge is 2.35. The Morgan fingerprint density at radius 2 is 1.95 bits per heavy atom. The fourth-order valence-electron chi connectivity index (χ4n) is 2.14. The summed E-state index contributed by atoms with van der Waals surface area (Å²) in [6, 6.07) is 4.63. The lowest BCUT2D eigenvalue weighted by Crippen LogP contribution is -2.45. The van der Waals surface area contributed by atoms with Crippen LogP contribution in [0.15, 0.2) is 23.1 Å². The summed E-state index contributed by atoms with van der Waals surface area (Å²) < 4.78 is 26.4. The number of nitrogens with two attached hydrogens (primary N) is 1. The van der Waals surface area contributed by atoms with E-state index in [-0.39, 0.29) is 28.7 Å². The monoisotopic (exact) mass is 304 g/mol. The van der Waals surface area contributed by atoms with E-state index in [1.165, 1.54) is 16.4 Å². The summed E-state index contributed by atoms with van der Waals surface area (Å²) in [5.41, 5.74) is 5.06. The van der Waals surface area contributed by atoms with Gasteiger partial charge in [-0.05, 0) is 31.9 Å². The minimum Gasteiger partial charge on any atom is -0.398 e. The zero-order chi connectivity index (χ0) is 14.3. The predicted octanol–water partition coefficient (Wildman–Crippen LogP) is 1.46. The topological polar surface area (TPSA) is 83.6 Å². The number of hydrogen-bond acceptors (Lipinski definition) is 4. The van der Waals surface area contributed by atoms with E-state index < -0.39 is 15.6 Å². The number of sulfonamides is 1. The Balaban J connectivity index is 2.34. The van der Waals surface area contributed by atoms with Gasteiger partial charge in [0.05, 0.1) is 16.3 Å². The predicted molar refractivity (Wildman–Crippen MR) is 74.5 cm³/mol. The maximum Gasteiger partial charge on any atom is 0.246 e. The smallest absolute Gasteiger partial charge is 0.246 e. The van der Waals surface area contributed by atoms with Gasteiger partial charge in [0.2, 0.25) is 10.0 Å². The SMILES string of the molecule is CC1(O)CCN(S(=O)(=O)c2c(N)cccc2Cl)CC1. The van der Waals surface area contributed by atoms with Crippen molar-refractivity contribution in [2.24, 2.45) is 0 Å². The van der Waals surface area contributed by atoms with E-state index in [1.807, 2.05) is 0 Å². The summed E-state index contributed by atoms with van der Waals surface area (Å²) in [5.74, 6) is 0. The van der Waals surface area contributed by atoms with E-state index in [0.717, 1.165) is 0 Å². The molecule has 1 heterocycles. The highest BCUT2D eigenvalue weighted by Crippen LogP contribution is 2.32. The molecule has 1 aliphatic heterocycles. The van der Waals surface area contributed by atoms with Gasteiger partial charge in [0.1, 0.15) is 4.90 Å². The number of anilines is 1. The van der Waals surface area contributed by atoms with E-state index in [1.54, 1.807) is 13.0 Å². The van der Waals surface area contributed by atoms with Crippen LogP contribution in [0.3, 0.4) is 0 Å². The second kappa shape index (κ2) is 4.94. The summed E-state index contributed by atoms with van der Waals surface area (Å²) in [4.78, 5) is -0.0433. The molecule has 0 amide bonds. The maximum atomic E-state index is 12.5. The van der Waals surface area contributed by atoms with Crippen LogP contribution in [0, 0.1) is 0 Å². The molecule has 0 atom stereocenters. The van der Waals surface area contributed by atoms with Gasteiger partial charge in [-0.25, -0.2) is 8.42 Å². The molecule has 1 aliphatic rings. The quantitative estimate of drug-likeness (QED) is 0.810. The molecule has 0 aromatic heterocycles. The average molecular weight is 305 g/mol. The number of nitrogen functional groups attached to an aromatic ring is 1. The molecule has 0 aliphatic carbocycles. The van der Waals surface area contributed by atoms with Crippen molar-refractivity contribution >= 4 is 27.3 Å². The summed E-state index contributed by atoms with van der Waals surface area (Å²) in [6.07, 6.45) is 0.799. The van der Waals surface area contributed by atoms with Gasteiger partial charge in [0, 0.05) is 13.1 Å². The van der Waals surface area contributed by atoms with Gasteiger partial charge in [-0.2, -0.15) is 4.31 Å². The van der Waals surface area contributed by atoms with Crippen molar-refractivity contribution in [3.05, 3.63) is 23.2 Å². The molecule has 0 spiro atoms. The van der Waals surface area contributed by atoms with Gasteiger partial charge < -0.3 is 10.8 Å². The number of halogens is 1. The number of aliphatic hydroxyl groups is 1. The fourth-order valence-corrected chi connectivity index (χ4v) is 4.21. The van der Waals surface area contributed by atoms with Gasteiger partial charge in [0.15, 0.2) is 0 Å². The molecule has 0 saturated carbocycles. The van der Waals surface area contributed by atoms with Gasteiger partial charge in [0.25, 0.3) is 0 Å². The van der Waals surface area contributed by atoms with Crippen LogP contribution in [0.2, 0.25) is 5.02 Å². The first-order chi connectivity index (χ1) is 8.74. The minimum absolute atomic E-state index is 0.0433. The zero-order valence-corrected chi connectivity index (χ0v) is 12.2. The average Bonchev–Trinajstić information content (AvgIpc) is 2.27. The maximum absolute atomic E-state index is 12.5. The van der Waals surface area contributed by atoms with Gasteiger partial charge in [-0.15, -0.1) is 0 Å². The summed E-state index contributed by atoms with van der Waals surface area (Å²) >= 11 is 5.95. The lowest BCUT2D eigenvalue weighted by atomic mass is 9.95. The molecule has 0 unspecified atom stereocenters. The highest BCUT2D eigenvalue weighted by molar-refractivity contribution is 7.89. The second-order valence-electron chi connectivity index (χ2n) is 5.06. The van der Waals surface area contributed by atoms with Crippen LogP contribution in [-0.2, 0) is 10.0 Å². The van der Waals surface area contributed by atoms with Crippen molar-refractivity contribution in [2.75, 3.05) is 18.8 Å². The highest BCUT2D eigenvalue weighted by atomic mass is 35.5. The zero-order valence-electron chi connectivity index (χ0n) is 10.6. The second-order valence-corrected chi connectivity index (χ2v) is 7.34. The molecule has 106 valence electrons. The van der Waals surface area contributed by atoms with Crippen molar-refractivity contribution in [2.45, 2.75) is 30.3 Å². The van der Waals surface area contributed by atoms with Gasteiger partial charge in [-0.3, -0.25) is 0 Å². The lowest BCUT2D eigenvalue weighted by Gasteiger charge is -2.35. The van der Waals surface area contributed by atoms with E-state index in [0.29, 0.717) is 12.8 Å². The van der Waals surface area contributed by atoms with Crippen molar-refractivity contribution in [3.63, 3.8) is 0 Å². The number of rotatable bonds is 2. The third-order valence-corrected chi connectivity index (χ3v) is 5.84. The third kappa shape index (κ3) is 2.86. The Morgan fingerprint density at radius 3 is 2.47 bits per heavy atom. The number of piperidine rings is 1. The molecule has 0 bridgehead atoms. The van der Waals surface area contributed by atoms with E-state index in [2.05, 4.69) is 0 Å². The van der Waals surface area contributed by atoms with E-state index in [9.17, 15) is 13.5 Å². The fraction of sp³-hybridized carbons (Fsp3) is 0.500. The normalized spacial score (nSPS) is 20.4. The molecule has 5 nitrogen and oxygen atoms in total. The Bertz CT molecular complexity index is 556. The molecule has 1 aromatic rings. The van der Waals surface area contributed by atoms with Crippen LogP contribution in [0.5, 0.6) is 0 Å². The Hall–Kier alpha value is -0.820. The first-order valence-corrected chi connectivity index (χ1v) is 7.82. The molecule has 7 heteroatoms. The van der Waals surface area contributed by atoms with Crippen LogP contribution in [-0.4, -0.2) is 36.5 Å². The Kier molecular flexibility index (Phi) is 3.79.